The predicted octanol–water partition coefficient (Wildman–Crippen LogP) is 5.20. The summed E-state index contributed by atoms with van der Waals surface area (Å²) in [6, 6.07) is 0. The van der Waals surface area contributed by atoms with Crippen LogP contribution < -0.4 is 0 Å². The van der Waals surface area contributed by atoms with Gasteiger partial charge in [0.05, 0.1) is 31.0 Å². The minimum Gasteiger partial charge on any atom is -0.389 e. The molecule has 8 fully saturated rings. The molecule has 8 nitrogen and oxygen atoms in total. The van der Waals surface area contributed by atoms with Crippen molar-refractivity contribution in [1.82, 2.24) is 4.90 Å². The number of fused-ring (bicyclic) bond motifs is 4. The van der Waals surface area contributed by atoms with Gasteiger partial charge < -0.3 is 34.4 Å². The van der Waals surface area contributed by atoms with E-state index in [-0.39, 0.29) is 57.7 Å². The van der Waals surface area contributed by atoms with E-state index in [0.717, 1.165) is 51.0 Å². The van der Waals surface area contributed by atoms with Crippen LogP contribution >= 0.6 is 0 Å². The SMILES string of the molecule is C[C@@H]1C[C]([C@H](O)C(C)(C)O)O[C]2[C@H]1[C@@]1(C)CC[C@@]34C[C@@]35CCC(O[C@H]3CN(C(=O)C6CC6)CCO3)C(C)(C)[C@@H]5CC[C]4[C@]1(C)[C@H]2O. The van der Waals surface area contributed by atoms with Crippen LogP contribution in [0.4, 0.5) is 0 Å². The summed E-state index contributed by atoms with van der Waals surface area (Å²) in [6.07, 6.45) is 9.47. The summed E-state index contributed by atoms with van der Waals surface area (Å²) in [5, 5.41) is 33.9. The highest BCUT2D eigenvalue weighted by Gasteiger charge is 2.85. The number of aliphatic hydroxyl groups is 3. The van der Waals surface area contributed by atoms with E-state index >= 15 is 0 Å². The Morgan fingerprint density at radius 2 is 1.83 bits per heavy atom. The summed E-state index contributed by atoms with van der Waals surface area (Å²) in [7, 11) is 0. The van der Waals surface area contributed by atoms with Gasteiger partial charge in [-0.2, -0.15) is 0 Å². The molecule has 2 spiro atoms. The summed E-state index contributed by atoms with van der Waals surface area (Å²) in [4.78, 5) is 14.8. The van der Waals surface area contributed by atoms with Crippen molar-refractivity contribution >= 4 is 5.91 Å². The van der Waals surface area contributed by atoms with Gasteiger partial charge in [0.15, 0.2) is 6.29 Å². The van der Waals surface area contributed by atoms with Gasteiger partial charge >= 0.3 is 0 Å². The number of aliphatic hydroxyl groups excluding tert-OH is 2. The van der Waals surface area contributed by atoms with E-state index in [2.05, 4.69) is 34.6 Å². The summed E-state index contributed by atoms with van der Waals surface area (Å²) in [5.41, 5.74) is -1.45. The maximum atomic E-state index is 12.8. The number of rotatable bonds is 5. The molecular formula is C38H58NO7. The fourth-order valence-corrected chi connectivity index (χ4v) is 12.9. The van der Waals surface area contributed by atoms with Crippen molar-refractivity contribution in [3.8, 4) is 0 Å². The van der Waals surface area contributed by atoms with Crippen molar-refractivity contribution in [2.24, 2.45) is 50.7 Å². The Bertz CT molecular complexity index is 1250. The molecule has 0 bridgehead atoms. The van der Waals surface area contributed by atoms with Crippen LogP contribution in [0.25, 0.3) is 0 Å². The molecule has 257 valence electrons. The lowest BCUT2D eigenvalue weighted by Gasteiger charge is -2.63. The molecule has 8 aliphatic rings. The minimum atomic E-state index is -1.31. The highest BCUT2D eigenvalue weighted by atomic mass is 16.7. The molecule has 1 unspecified atom stereocenters. The number of amides is 1. The van der Waals surface area contributed by atoms with Crippen LogP contribution in [0.3, 0.4) is 0 Å². The molecular weight excluding hydrogens is 582 g/mol. The summed E-state index contributed by atoms with van der Waals surface area (Å²) in [5.74, 6) is 2.94. The lowest BCUT2D eigenvalue weighted by atomic mass is 9.41. The van der Waals surface area contributed by atoms with Crippen LogP contribution in [0.1, 0.15) is 113 Å². The molecule has 46 heavy (non-hydrogen) atoms. The fraction of sp³-hybridized carbons (Fsp3) is 0.895. The first kappa shape index (κ1) is 32.4. The third kappa shape index (κ3) is 4.15. The maximum absolute atomic E-state index is 12.8. The first-order valence-electron chi connectivity index (χ1n) is 18.4. The number of carbonyl (C=O) groups excluding carboxylic acids is 1. The third-order valence-corrected chi connectivity index (χ3v) is 15.6. The molecule has 0 aromatic heterocycles. The van der Waals surface area contributed by atoms with Gasteiger partial charge in [-0.15, -0.1) is 0 Å². The molecule has 6 saturated carbocycles. The normalized spacial score (nSPS) is 49.7. The van der Waals surface area contributed by atoms with Crippen molar-refractivity contribution in [2.75, 3.05) is 19.7 Å². The molecule has 11 atom stereocenters. The Morgan fingerprint density at radius 3 is 2.52 bits per heavy atom. The number of ether oxygens (including phenoxy) is 3. The average Bonchev–Trinajstić information content (AvgIpc) is 3.92. The molecule has 3 N–H and O–H groups in total. The lowest BCUT2D eigenvalue weighted by Crippen LogP contribution is -2.59. The topological polar surface area (TPSA) is 109 Å². The van der Waals surface area contributed by atoms with Crippen molar-refractivity contribution < 1.29 is 34.3 Å². The molecule has 2 saturated heterocycles. The second-order valence-electron chi connectivity index (χ2n) is 18.5. The number of carbonyl (C=O) groups is 1. The minimum absolute atomic E-state index is 0.0210. The third-order valence-electron chi connectivity index (χ3n) is 15.6. The summed E-state index contributed by atoms with van der Waals surface area (Å²) < 4.78 is 19.4. The van der Waals surface area contributed by atoms with Gasteiger partial charge in [-0.25, -0.2) is 0 Å². The van der Waals surface area contributed by atoms with E-state index in [0.29, 0.717) is 38.1 Å². The first-order valence-corrected chi connectivity index (χ1v) is 18.4. The number of morpholine rings is 1. The van der Waals surface area contributed by atoms with E-state index in [1.165, 1.54) is 12.8 Å². The van der Waals surface area contributed by atoms with Crippen molar-refractivity contribution in [3.05, 3.63) is 18.1 Å². The van der Waals surface area contributed by atoms with Crippen molar-refractivity contribution in [3.63, 3.8) is 0 Å². The Labute approximate surface area is 276 Å². The highest BCUT2D eigenvalue weighted by Crippen LogP contribution is 2.90. The van der Waals surface area contributed by atoms with E-state index in [1.54, 1.807) is 19.8 Å². The lowest BCUT2D eigenvalue weighted by molar-refractivity contribution is -0.242. The van der Waals surface area contributed by atoms with Crippen LogP contribution in [-0.4, -0.2) is 76.0 Å². The number of hydrogen-bond acceptors (Lipinski definition) is 7. The zero-order valence-electron chi connectivity index (χ0n) is 29.2. The largest absolute Gasteiger partial charge is 0.389 e. The molecule has 1 amide bonds. The Morgan fingerprint density at radius 1 is 1.09 bits per heavy atom. The Kier molecular flexibility index (Phi) is 7.16. The van der Waals surface area contributed by atoms with Gasteiger partial charge in [-0.1, -0.05) is 34.6 Å². The maximum Gasteiger partial charge on any atom is 0.225 e. The first-order chi connectivity index (χ1) is 21.5. The van der Waals surface area contributed by atoms with Crippen molar-refractivity contribution in [2.45, 2.75) is 143 Å². The highest BCUT2D eigenvalue weighted by molar-refractivity contribution is 5.81. The Hall–Kier alpha value is -0.770. The smallest absolute Gasteiger partial charge is 0.225 e. The molecule has 3 radical (unpaired) electrons. The van der Waals surface area contributed by atoms with E-state index in [9.17, 15) is 20.1 Å². The van der Waals surface area contributed by atoms with Gasteiger partial charge in [-0.05, 0) is 117 Å². The Balaban J connectivity index is 1.02. The molecule has 6 aliphatic carbocycles. The molecule has 8 rings (SSSR count). The zero-order valence-corrected chi connectivity index (χ0v) is 29.2. The van der Waals surface area contributed by atoms with Crippen LogP contribution in [0, 0.1) is 68.9 Å². The summed E-state index contributed by atoms with van der Waals surface area (Å²) in [6.45, 7) is 16.8. The zero-order chi connectivity index (χ0) is 32.8. The molecule has 2 heterocycles. The average molecular weight is 641 g/mol. The van der Waals surface area contributed by atoms with Crippen LogP contribution in [0.2, 0.25) is 0 Å². The van der Waals surface area contributed by atoms with Gasteiger partial charge in [0.1, 0.15) is 18.3 Å². The van der Waals surface area contributed by atoms with Crippen molar-refractivity contribution in [1.29, 1.82) is 0 Å². The van der Waals surface area contributed by atoms with Gasteiger partial charge in [0.25, 0.3) is 0 Å². The van der Waals surface area contributed by atoms with E-state index in [4.69, 9.17) is 14.2 Å². The number of hydrogen-bond donors (Lipinski definition) is 3. The van der Waals surface area contributed by atoms with E-state index < -0.39 is 23.2 Å². The molecule has 0 aromatic carbocycles. The molecule has 0 aromatic rings. The standard InChI is InChI=1S/C38H58NO7/c1-21-18-23(30(40)34(4,5)43)45-29-28(21)35(6)14-15-38-20-37(38)13-12-26(46-27-19-39(16-17-44-27)32(42)22-8-9-22)33(2,3)24(37)10-11-25(38)36(35,7)31(29)41/h21-22,24,26-28,30-31,40-41,43H,8-20H2,1-7H3/t21-,24+,26?,27+,28+,30+,31+,35-,36-,37-,38+/m1/s1. The second-order valence-corrected chi connectivity index (χ2v) is 18.5. The van der Waals surface area contributed by atoms with Gasteiger partial charge in [-0.3, -0.25) is 4.79 Å². The number of nitrogens with zero attached hydrogens (tertiary/aromatic N) is 1. The van der Waals surface area contributed by atoms with Crippen LogP contribution in [0.15, 0.2) is 0 Å². The van der Waals surface area contributed by atoms with Crippen LogP contribution in [-0.2, 0) is 19.0 Å². The van der Waals surface area contributed by atoms with Gasteiger partial charge in [0.2, 0.25) is 5.91 Å². The summed E-state index contributed by atoms with van der Waals surface area (Å²) >= 11 is 0. The van der Waals surface area contributed by atoms with Crippen LogP contribution in [0.5, 0.6) is 0 Å². The fourth-order valence-electron chi connectivity index (χ4n) is 12.9. The quantitative estimate of drug-likeness (QED) is 0.379. The predicted molar refractivity (Wildman–Crippen MR) is 171 cm³/mol. The molecule has 2 aliphatic heterocycles. The van der Waals surface area contributed by atoms with Gasteiger partial charge in [0, 0.05) is 23.8 Å². The second kappa shape index (κ2) is 10.2. The molecule has 8 heteroatoms. The van der Waals surface area contributed by atoms with E-state index in [1.807, 2.05) is 4.90 Å². The monoisotopic (exact) mass is 640 g/mol.